The third-order valence-corrected chi connectivity index (χ3v) is 2.75. The third kappa shape index (κ3) is 4.65. The molecule has 0 spiro atoms. The first-order valence-electron chi connectivity index (χ1n) is 6.00. The average Bonchev–Trinajstić information content (AvgIpc) is 2.17. The number of piperidine rings is 1. The Bertz CT molecular complexity index is 198. The summed E-state index contributed by atoms with van der Waals surface area (Å²) in [7, 11) is 0. The fraction of sp³-hybridized carbons (Fsp3) is 0.917. The second kappa shape index (κ2) is 6.11. The van der Waals surface area contributed by atoms with Crippen LogP contribution in [0.3, 0.4) is 0 Å². The molecule has 0 radical (unpaired) electrons. The number of carbonyl (C=O) groups excluding carboxylic acids is 1. The molecule has 1 N–H and O–H groups in total. The number of hydrogen-bond donors (Lipinski definition) is 1. The van der Waals surface area contributed by atoms with Crippen molar-refractivity contribution in [3.8, 4) is 0 Å². The molecule has 2 unspecified atom stereocenters. The van der Waals surface area contributed by atoms with Gasteiger partial charge in [-0.15, -0.1) is 0 Å². The predicted molar refractivity (Wildman–Crippen MR) is 60.6 cm³/mol. The number of ether oxygens (including phenoxy) is 1. The number of rotatable bonds is 4. The highest BCUT2D eigenvalue weighted by molar-refractivity contribution is 5.73. The quantitative estimate of drug-likeness (QED) is 0.726. The van der Waals surface area contributed by atoms with E-state index in [0.717, 1.165) is 32.4 Å². The Labute approximate surface area is 92.6 Å². The van der Waals surface area contributed by atoms with Crippen molar-refractivity contribution in [2.75, 3.05) is 13.1 Å². The Morgan fingerprint density at radius 1 is 1.47 bits per heavy atom. The summed E-state index contributed by atoms with van der Waals surface area (Å²) in [5, 5.41) is 3.23. The molecular weight excluding hydrogens is 190 g/mol. The first kappa shape index (κ1) is 12.5. The van der Waals surface area contributed by atoms with Gasteiger partial charge >= 0.3 is 5.97 Å². The van der Waals surface area contributed by atoms with E-state index in [1.54, 1.807) is 0 Å². The SMILES string of the molecule is CC(C)CC(C)OC(=O)C1CCCNC1. The molecule has 0 aromatic heterocycles. The maximum absolute atomic E-state index is 11.7. The molecule has 1 aliphatic heterocycles. The monoisotopic (exact) mass is 213 g/mol. The van der Waals surface area contributed by atoms with Gasteiger partial charge in [-0.2, -0.15) is 0 Å². The maximum atomic E-state index is 11.7. The molecule has 88 valence electrons. The molecule has 1 saturated heterocycles. The molecule has 0 bridgehead atoms. The molecule has 2 atom stereocenters. The van der Waals surface area contributed by atoms with Crippen molar-refractivity contribution in [3.63, 3.8) is 0 Å². The van der Waals surface area contributed by atoms with Crippen LogP contribution in [0.1, 0.15) is 40.0 Å². The topological polar surface area (TPSA) is 38.3 Å². The molecule has 15 heavy (non-hydrogen) atoms. The van der Waals surface area contributed by atoms with Gasteiger partial charge in [-0.3, -0.25) is 4.79 Å². The molecule has 0 amide bonds. The molecule has 1 fully saturated rings. The molecule has 1 aliphatic rings. The summed E-state index contributed by atoms with van der Waals surface area (Å²) in [5.41, 5.74) is 0. The lowest BCUT2D eigenvalue weighted by Crippen LogP contribution is -2.36. The van der Waals surface area contributed by atoms with Gasteiger partial charge in [0.15, 0.2) is 0 Å². The summed E-state index contributed by atoms with van der Waals surface area (Å²) in [5.74, 6) is 0.640. The lowest BCUT2D eigenvalue weighted by atomic mass is 10.00. The highest BCUT2D eigenvalue weighted by atomic mass is 16.5. The van der Waals surface area contributed by atoms with Crippen LogP contribution in [-0.4, -0.2) is 25.2 Å². The van der Waals surface area contributed by atoms with Crippen molar-refractivity contribution < 1.29 is 9.53 Å². The van der Waals surface area contributed by atoms with Crippen molar-refractivity contribution >= 4 is 5.97 Å². The Hall–Kier alpha value is -0.570. The van der Waals surface area contributed by atoms with E-state index in [1.807, 2.05) is 6.92 Å². The van der Waals surface area contributed by atoms with Crippen molar-refractivity contribution in [3.05, 3.63) is 0 Å². The molecule has 3 heteroatoms. The molecule has 1 rings (SSSR count). The minimum atomic E-state index is -0.0182. The second-order valence-corrected chi connectivity index (χ2v) is 4.92. The Morgan fingerprint density at radius 2 is 2.20 bits per heavy atom. The normalized spacial score (nSPS) is 23.9. The highest BCUT2D eigenvalue weighted by Gasteiger charge is 2.23. The van der Waals surface area contributed by atoms with E-state index >= 15 is 0 Å². The van der Waals surface area contributed by atoms with Crippen LogP contribution < -0.4 is 5.32 Å². The maximum Gasteiger partial charge on any atom is 0.310 e. The number of esters is 1. The standard InChI is InChI=1S/C12H23NO2/c1-9(2)7-10(3)15-12(14)11-5-4-6-13-8-11/h9-11,13H,4-8H2,1-3H3. The van der Waals surface area contributed by atoms with Crippen LogP contribution in [0.4, 0.5) is 0 Å². The van der Waals surface area contributed by atoms with E-state index < -0.39 is 0 Å². The van der Waals surface area contributed by atoms with Gasteiger partial charge in [-0.25, -0.2) is 0 Å². The molecule has 0 aromatic carbocycles. The van der Waals surface area contributed by atoms with Crippen molar-refractivity contribution in [2.24, 2.45) is 11.8 Å². The van der Waals surface area contributed by atoms with Crippen molar-refractivity contribution in [1.82, 2.24) is 5.32 Å². The Kier molecular flexibility index (Phi) is 5.09. The molecule has 0 aromatic rings. The van der Waals surface area contributed by atoms with Gasteiger partial charge in [0, 0.05) is 6.54 Å². The van der Waals surface area contributed by atoms with Gasteiger partial charge in [-0.1, -0.05) is 13.8 Å². The molecule has 3 nitrogen and oxygen atoms in total. The largest absolute Gasteiger partial charge is 0.462 e. The first-order valence-corrected chi connectivity index (χ1v) is 6.00. The van der Waals surface area contributed by atoms with Crippen molar-refractivity contribution in [2.45, 2.75) is 46.1 Å². The Balaban J connectivity index is 2.27. The van der Waals surface area contributed by atoms with Gasteiger partial charge < -0.3 is 10.1 Å². The molecule has 1 heterocycles. The van der Waals surface area contributed by atoms with Gasteiger partial charge in [0.2, 0.25) is 0 Å². The molecular formula is C12H23NO2. The van der Waals surface area contributed by atoms with Gasteiger partial charge in [0.1, 0.15) is 0 Å². The minimum Gasteiger partial charge on any atom is -0.462 e. The van der Waals surface area contributed by atoms with E-state index in [4.69, 9.17) is 4.74 Å². The fourth-order valence-corrected chi connectivity index (χ4v) is 2.06. The van der Waals surface area contributed by atoms with Gasteiger partial charge in [0.05, 0.1) is 12.0 Å². The lowest BCUT2D eigenvalue weighted by molar-refractivity contribution is -0.154. The van der Waals surface area contributed by atoms with E-state index in [-0.39, 0.29) is 18.0 Å². The van der Waals surface area contributed by atoms with E-state index in [2.05, 4.69) is 19.2 Å². The van der Waals surface area contributed by atoms with Crippen molar-refractivity contribution in [1.29, 1.82) is 0 Å². The van der Waals surface area contributed by atoms with Gasteiger partial charge in [-0.05, 0) is 38.6 Å². The zero-order chi connectivity index (χ0) is 11.3. The third-order valence-electron chi connectivity index (χ3n) is 2.75. The summed E-state index contributed by atoms with van der Waals surface area (Å²) >= 11 is 0. The van der Waals surface area contributed by atoms with Crippen LogP contribution >= 0.6 is 0 Å². The van der Waals surface area contributed by atoms with Crippen LogP contribution in [0.2, 0.25) is 0 Å². The molecule has 0 aliphatic carbocycles. The summed E-state index contributed by atoms with van der Waals surface area (Å²) < 4.78 is 5.42. The minimum absolute atomic E-state index is 0.0182. The van der Waals surface area contributed by atoms with Crippen LogP contribution in [-0.2, 0) is 9.53 Å². The summed E-state index contributed by atoms with van der Waals surface area (Å²) in [6.07, 6.45) is 3.06. The summed E-state index contributed by atoms with van der Waals surface area (Å²) in [4.78, 5) is 11.7. The average molecular weight is 213 g/mol. The molecule has 0 saturated carbocycles. The van der Waals surface area contributed by atoms with Crippen LogP contribution in [0, 0.1) is 11.8 Å². The van der Waals surface area contributed by atoms with E-state index in [1.165, 1.54) is 0 Å². The lowest BCUT2D eigenvalue weighted by Gasteiger charge is -2.23. The second-order valence-electron chi connectivity index (χ2n) is 4.92. The number of nitrogens with one attached hydrogen (secondary N) is 1. The smallest absolute Gasteiger partial charge is 0.310 e. The zero-order valence-corrected chi connectivity index (χ0v) is 10.1. The zero-order valence-electron chi connectivity index (χ0n) is 10.1. The predicted octanol–water partition coefficient (Wildman–Crippen LogP) is 1.96. The number of hydrogen-bond acceptors (Lipinski definition) is 3. The highest BCUT2D eigenvalue weighted by Crippen LogP contribution is 2.15. The first-order chi connectivity index (χ1) is 7.09. The van der Waals surface area contributed by atoms with Crippen LogP contribution in [0.25, 0.3) is 0 Å². The summed E-state index contributed by atoms with van der Waals surface area (Å²) in [6, 6.07) is 0. The van der Waals surface area contributed by atoms with E-state index in [9.17, 15) is 4.79 Å². The van der Waals surface area contributed by atoms with Gasteiger partial charge in [0.25, 0.3) is 0 Å². The van der Waals surface area contributed by atoms with Crippen LogP contribution in [0.15, 0.2) is 0 Å². The summed E-state index contributed by atoms with van der Waals surface area (Å²) in [6.45, 7) is 8.09. The van der Waals surface area contributed by atoms with E-state index in [0.29, 0.717) is 5.92 Å². The number of carbonyl (C=O) groups is 1. The Morgan fingerprint density at radius 3 is 2.73 bits per heavy atom. The fourth-order valence-electron chi connectivity index (χ4n) is 2.06. The van der Waals surface area contributed by atoms with Crippen LogP contribution in [0.5, 0.6) is 0 Å².